The summed E-state index contributed by atoms with van der Waals surface area (Å²) in [5, 5.41) is 0. The zero-order chi connectivity index (χ0) is 12.3. The number of halogens is 2. The van der Waals surface area contributed by atoms with Gasteiger partial charge in [0.2, 0.25) is 0 Å². The standard InChI is InChI=1S/C9H9F2NO4/c1-15-5-3-4(7(10)11)6(9(14)16-2)12-8(5)13/h3,7H,1-2H3,(H,12,13). The van der Waals surface area contributed by atoms with E-state index in [1.54, 1.807) is 0 Å². The number of carbonyl (C=O) groups is 1. The van der Waals surface area contributed by atoms with Crippen molar-refractivity contribution in [2.24, 2.45) is 0 Å². The minimum absolute atomic E-state index is 0.289. The van der Waals surface area contributed by atoms with Crippen molar-refractivity contribution in [2.45, 2.75) is 6.43 Å². The molecule has 1 aromatic rings. The lowest BCUT2D eigenvalue weighted by Gasteiger charge is -2.08. The van der Waals surface area contributed by atoms with Crippen LogP contribution in [0.4, 0.5) is 8.78 Å². The molecule has 1 aromatic heterocycles. The molecule has 0 aliphatic heterocycles. The van der Waals surface area contributed by atoms with Gasteiger partial charge >= 0.3 is 5.97 Å². The number of pyridine rings is 1. The van der Waals surface area contributed by atoms with Crippen molar-refractivity contribution in [3.05, 3.63) is 27.7 Å². The van der Waals surface area contributed by atoms with Crippen LogP contribution in [0.3, 0.4) is 0 Å². The Bertz CT molecular complexity index is 455. The molecule has 88 valence electrons. The highest BCUT2D eigenvalue weighted by Crippen LogP contribution is 2.23. The molecule has 1 rings (SSSR count). The van der Waals surface area contributed by atoms with Gasteiger partial charge in [-0.15, -0.1) is 0 Å². The highest BCUT2D eigenvalue weighted by Gasteiger charge is 2.22. The summed E-state index contributed by atoms with van der Waals surface area (Å²) < 4.78 is 34.0. The highest BCUT2D eigenvalue weighted by molar-refractivity contribution is 5.89. The van der Waals surface area contributed by atoms with Gasteiger partial charge in [-0.1, -0.05) is 0 Å². The number of alkyl halides is 2. The first kappa shape index (κ1) is 12.2. The molecular weight excluding hydrogens is 224 g/mol. The van der Waals surface area contributed by atoms with Gasteiger partial charge in [0.25, 0.3) is 12.0 Å². The molecule has 16 heavy (non-hydrogen) atoms. The normalized spacial score (nSPS) is 10.3. The fourth-order valence-corrected chi connectivity index (χ4v) is 1.12. The molecule has 0 aromatic carbocycles. The van der Waals surface area contributed by atoms with Crippen LogP contribution in [-0.2, 0) is 4.74 Å². The number of H-pyrrole nitrogens is 1. The SMILES string of the molecule is COC(=O)c1[nH]c(=O)c(OC)cc1C(F)F. The van der Waals surface area contributed by atoms with Gasteiger partial charge in [-0.3, -0.25) is 4.79 Å². The quantitative estimate of drug-likeness (QED) is 0.794. The third-order valence-electron chi connectivity index (χ3n) is 1.88. The van der Waals surface area contributed by atoms with E-state index in [1.165, 1.54) is 0 Å². The lowest BCUT2D eigenvalue weighted by Crippen LogP contribution is -2.18. The summed E-state index contributed by atoms with van der Waals surface area (Å²) in [4.78, 5) is 24.3. The number of nitrogens with one attached hydrogen (secondary N) is 1. The maximum Gasteiger partial charge on any atom is 0.355 e. The number of hydrogen-bond donors (Lipinski definition) is 1. The Morgan fingerprint density at radius 2 is 2.06 bits per heavy atom. The number of hydrogen-bond acceptors (Lipinski definition) is 4. The maximum absolute atomic E-state index is 12.6. The molecule has 5 nitrogen and oxygen atoms in total. The predicted octanol–water partition coefficient (Wildman–Crippen LogP) is 1.11. The van der Waals surface area contributed by atoms with E-state index in [9.17, 15) is 18.4 Å². The first-order valence-electron chi connectivity index (χ1n) is 4.19. The van der Waals surface area contributed by atoms with Crippen LogP contribution in [0, 0.1) is 0 Å². The van der Waals surface area contributed by atoms with E-state index in [0.717, 1.165) is 20.3 Å². The van der Waals surface area contributed by atoms with Gasteiger partial charge in [-0.2, -0.15) is 0 Å². The number of carbonyl (C=O) groups excluding carboxylic acids is 1. The molecule has 7 heteroatoms. The van der Waals surface area contributed by atoms with E-state index < -0.39 is 29.2 Å². The minimum atomic E-state index is -2.92. The topological polar surface area (TPSA) is 68.4 Å². The summed E-state index contributed by atoms with van der Waals surface area (Å²) in [6.45, 7) is 0. The summed E-state index contributed by atoms with van der Waals surface area (Å²) in [6.07, 6.45) is -2.92. The third-order valence-corrected chi connectivity index (χ3v) is 1.88. The largest absolute Gasteiger partial charge is 0.491 e. The number of esters is 1. The van der Waals surface area contributed by atoms with Gasteiger partial charge in [-0.05, 0) is 6.07 Å². The summed E-state index contributed by atoms with van der Waals surface area (Å²) in [6, 6.07) is 0.815. The monoisotopic (exact) mass is 233 g/mol. The third kappa shape index (κ3) is 2.18. The molecule has 1 N–H and O–H groups in total. The van der Waals surface area contributed by atoms with E-state index in [-0.39, 0.29) is 5.75 Å². The molecule has 0 bridgehead atoms. The van der Waals surface area contributed by atoms with E-state index >= 15 is 0 Å². The second-order valence-electron chi connectivity index (χ2n) is 2.79. The molecular formula is C9H9F2NO4. The van der Waals surface area contributed by atoms with Gasteiger partial charge in [-0.25, -0.2) is 13.6 Å². The molecule has 0 saturated heterocycles. The van der Waals surface area contributed by atoms with Crippen molar-refractivity contribution >= 4 is 5.97 Å². The fourth-order valence-electron chi connectivity index (χ4n) is 1.12. The first-order valence-corrected chi connectivity index (χ1v) is 4.19. The van der Waals surface area contributed by atoms with Crippen LogP contribution in [0.1, 0.15) is 22.5 Å². The van der Waals surface area contributed by atoms with E-state index in [1.807, 2.05) is 4.98 Å². The average Bonchev–Trinajstić information content (AvgIpc) is 2.27. The summed E-state index contributed by atoms with van der Waals surface area (Å²) >= 11 is 0. The Morgan fingerprint density at radius 3 is 2.50 bits per heavy atom. The average molecular weight is 233 g/mol. The van der Waals surface area contributed by atoms with Crippen LogP contribution >= 0.6 is 0 Å². The molecule has 0 aliphatic carbocycles. The van der Waals surface area contributed by atoms with Gasteiger partial charge < -0.3 is 14.5 Å². The van der Waals surface area contributed by atoms with Gasteiger partial charge in [0.15, 0.2) is 5.75 Å². The lowest BCUT2D eigenvalue weighted by atomic mass is 10.2. The summed E-state index contributed by atoms with van der Waals surface area (Å²) in [5.41, 5.74) is -1.97. The molecule has 0 amide bonds. The Morgan fingerprint density at radius 1 is 1.44 bits per heavy atom. The van der Waals surface area contributed by atoms with Crippen LogP contribution in [0.25, 0.3) is 0 Å². The van der Waals surface area contributed by atoms with E-state index in [0.29, 0.717) is 0 Å². The summed E-state index contributed by atoms with van der Waals surface area (Å²) in [7, 11) is 2.19. The Hall–Kier alpha value is -1.92. The van der Waals surface area contributed by atoms with Crippen LogP contribution in [0.2, 0.25) is 0 Å². The maximum atomic E-state index is 12.6. The van der Waals surface area contributed by atoms with E-state index in [4.69, 9.17) is 0 Å². The van der Waals surface area contributed by atoms with Crippen LogP contribution in [0.5, 0.6) is 5.75 Å². The van der Waals surface area contributed by atoms with Crippen molar-refractivity contribution in [3.63, 3.8) is 0 Å². The van der Waals surface area contributed by atoms with Crippen molar-refractivity contribution in [1.29, 1.82) is 0 Å². The Kier molecular flexibility index (Phi) is 3.60. The second kappa shape index (κ2) is 4.73. The van der Waals surface area contributed by atoms with Crippen LogP contribution in [0.15, 0.2) is 10.9 Å². The highest BCUT2D eigenvalue weighted by atomic mass is 19.3. The van der Waals surface area contributed by atoms with Gasteiger partial charge in [0.1, 0.15) is 5.69 Å². The number of methoxy groups -OCH3 is 2. The van der Waals surface area contributed by atoms with Crippen molar-refractivity contribution in [2.75, 3.05) is 14.2 Å². The smallest absolute Gasteiger partial charge is 0.355 e. The van der Waals surface area contributed by atoms with Crippen molar-refractivity contribution in [3.8, 4) is 5.75 Å². The fraction of sp³-hybridized carbons (Fsp3) is 0.333. The zero-order valence-corrected chi connectivity index (χ0v) is 8.54. The Labute approximate surface area is 89.0 Å². The van der Waals surface area contributed by atoms with Crippen LogP contribution < -0.4 is 10.3 Å². The molecule has 0 aliphatic rings. The molecule has 1 heterocycles. The molecule has 0 unspecified atom stereocenters. The second-order valence-corrected chi connectivity index (χ2v) is 2.79. The van der Waals surface area contributed by atoms with E-state index in [2.05, 4.69) is 9.47 Å². The minimum Gasteiger partial charge on any atom is -0.491 e. The van der Waals surface area contributed by atoms with Gasteiger partial charge in [0, 0.05) is 0 Å². The van der Waals surface area contributed by atoms with Crippen LogP contribution in [-0.4, -0.2) is 25.2 Å². The zero-order valence-electron chi connectivity index (χ0n) is 8.54. The molecule has 0 atom stereocenters. The Balaban J connectivity index is 3.42. The number of rotatable bonds is 3. The molecule has 0 spiro atoms. The lowest BCUT2D eigenvalue weighted by molar-refractivity contribution is 0.0581. The predicted molar refractivity (Wildman–Crippen MR) is 49.9 cm³/mol. The molecule has 0 radical (unpaired) electrons. The van der Waals surface area contributed by atoms with Gasteiger partial charge in [0.05, 0.1) is 19.8 Å². The first-order chi connectivity index (χ1) is 7.51. The molecule has 0 fully saturated rings. The number of aromatic amines is 1. The van der Waals surface area contributed by atoms with Crippen molar-refractivity contribution < 1.29 is 23.0 Å². The number of aromatic nitrogens is 1. The van der Waals surface area contributed by atoms with Crippen molar-refractivity contribution in [1.82, 2.24) is 4.98 Å². The number of ether oxygens (including phenoxy) is 2. The summed E-state index contributed by atoms with van der Waals surface area (Å²) in [5.74, 6) is -1.32. The molecule has 0 saturated carbocycles.